The number of rotatable bonds is 54. The van der Waals surface area contributed by atoms with Crippen molar-refractivity contribution in [1.29, 1.82) is 0 Å². The normalized spacial score (nSPS) is 11.8. The van der Waals surface area contributed by atoms with Gasteiger partial charge in [-0.25, -0.2) is 0 Å². The predicted octanol–water partition coefficient (Wildman–Crippen LogP) is 20.8. The van der Waals surface area contributed by atoms with E-state index >= 15 is 0 Å². The molecule has 0 amide bonds. The second-order valence-corrected chi connectivity index (χ2v) is 19.9. The smallest absolute Gasteiger partial charge is 0.328 e. The van der Waals surface area contributed by atoms with Crippen molar-refractivity contribution in [3.05, 3.63) is 0 Å². The first-order valence-corrected chi connectivity index (χ1v) is 28.7. The summed E-state index contributed by atoms with van der Waals surface area (Å²) >= 11 is 0. The quantitative estimate of drug-likeness (QED) is 0.0490. The standard InChI is InChI=1S/C54H111O3P/c1-3-5-7-9-11-13-15-17-19-21-23-25-27-29-31-33-35-37-39-41-43-45-47-49-51-53-56-58(55)57-54-52-50-48-46-44-42-40-38-36-34-32-30-28-26-24-22-20-18-16-14-12-10-8-6-4-2/h55H,3-54H2,1-2H3. The summed E-state index contributed by atoms with van der Waals surface area (Å²) in [4.78, 5) is 10.0. The molecule has 0 aromatic heterocycles. The van der Waals surface area contributed by atoms with Crippen LogP contribution in [0.15, 0.2) is 0 Å². The Morgan fingerprint density at radius 1 is 0.207 bits per heavy atom. The first-order chi connectivity index (χ1) is 28.8. The first-order valence-electron chi connectivity index (χ1n) is 27.6. The minimum Gasteiger partial charge on any atom is -0.328 e. The first kappa shape index (κ1) is 58.3. The van der Waals surface area contributed by atoms with Crippen LogP contribution in [0.25, 0.3) is 0 Å². The van der Waals surface area contributed by atoms with Gasteiger partial charge in [-0.05, 0) is 12.8 Å². The zero-order valence-corrected chi connectivity index (χ0v) is 41.4. The van der Waals surface area contributed by atoms with Gasteiger partial charge in [0.25, 0.3) is 0 Å². The van der Waals surface area contributed by atoms with E-state index in [1.165, 1.54) is 308 Å². The topological polar surface area (TPSA) is 38.7 Å². The highest BCUT2D eigenvalue weighted by Gasteiger charge is 2.06. The van der Waals surface area contributed by atoms with Gasteiger partial charge in [0.1, 0.15) is 0 Å². The molecule has 0 unspecified atom stereocenters. The Morgan fingerprint density at radius 2 is 0.328 bits per heavy atom. The SMILES string of the molecule is CCCCCCCCCCCCCCCCCCCCCCCCCCCOP(O)OCCCCCCCCCCCCCCCCCCCCCCCCCCC. The van der Waals surface area contributed by atoms with E-state index in [4.69, 9.17) is 9.05 Å². The summed E-state index contributed by atoms with van der Waals surface area (Å²) in [6.45, 7) is 5.89. The van der Waals surface area contributed by atoms with E-state index in [2.05, 4.69) is 13.8 Å². The van der Waals surface area contributed by atoms with Crippen LogP contribution in [0.4, 0.5) is 0 Å². The fourth-order valence-corrected chi connectivity index (χ4v) is 9.45. The summed E-state index contributed by atoms with van der Waals surface area (Å²) in [5.74, 6) is 0. The Kier molecular flexibility index (Phi) is 55.6. The van der Waals surface area contributed by atoms with Gasteiger partial charge in [-0.3, -0.25) is 0 Å². The summed E-state index contributed by atoms with van der Waals surface area (Å²) in [5, 5.41) is 0. The zero-order valence-electron chi connectivity index (χ0n) is 40.5. The lowest BCUT2D eigenvalue weighted by molar-refractivity contribution is 0.193. The molecule has 0 aromatic rings. The number of unbranched alkanes of at least 4 members (excludes halogenated alkanes) is 48. The monoisotopic (exact) mass is 839 g/mol. The van der Waals surface area contributed by atoms with Crippen LogP contribution in [0.3, 0.4) is 0 Å². The summed E-state index contributed by atoms with van der Waals surface area (Å²) < 4.78 is 11.1. The average molecular weight is 839 g/mol. The second-order valence-electron chi connectivity index (χ2n) is 18.9. The molecule has 0 saturated carbocycles. The van der Waals surface area contributed by atoms with Gasteiger partial charge in [0.2, 0.25) is 0 Å². The molecule has 0 spiro atoms. The van der Waals surface area contributed by atoms with Crippen molar-refractivity contribution in [2.45, 2.75) is 335 Å². The maximum atomic E-state index is 10.0. The summed E-state index contributed by atoms with van der Waals surface area (Å²) in [5.41, 5.74) is 0. The molecule has 350 valence electrons. The molecule has 0 atom stereocenters. The maximum Gasteiger partial charge on any atom is 0.329 e. The molecule has 0 radical (unpaired) electrons. The van der Waals surface area contributed by atoms with Gasteiger partial charge in [-0.2, -0.15) is 0 Å². The van der Waals surface area contributed by atoms with E-state index in [1.807, 2.05) is 0 Å². The lowest BCUT2D eigenvalue weighted by atomic mass is 10.0. The molecular formula is C54H111O3P. The van der Waals surface area contributed by atoms with E-state index in [1.54, 1.807) is 0 Å². The van der Waals surface area contributed by atoms with Gasteiger partial charge in [-0.1, -0.05) is 322 Å². The third kappa shape index (κ3) is 54.3. The van der Waals surface area contributed by atoms with Crippen LogP contribution in [-0.2, 0) is 9.05 Å². The highest BCUT2D eigenvalue weighted by atomic mass is 31.2. The Hall–Kier alpha value is 0.310. The van der Waals surface area contributed by atoms with Crippen LogP contribution in [0, 0.1) is 0 Å². The van der Waals surface area contributed by atoms with Crippen LogP contribution >= 0.6 is 8.60 Å². The van der Waals surface area contributed by atoms with Crippen LogP contribution in [0.2, 0.25) is 0 Å². The van der Waals surface area contributed by atoms with Crippen LogP contribution in [-0.4, -0.2) is 18.1 Å². The minimum absolute atomic E-state index is 0.640. The van der Waals surface area contributed by atoms with Crippen molar-refractivity contribution in [3.63, 3.8) is 0 Å². The van der Waals surface area contributed by atoms with Gasteiger partial charge in [0.05, 0.1) is 13.2 Å². The Morgan fingerprint density at radius 3 is 0.466 bits per heavy atom. The molecule has 0 fully saturated rings. The molecule has 0 aliphatic heterocycles. The van der Waals surface area contributed by atoms with Crippen molar-refractivity contribution in [2.75, 3.05) is 13.2 Å². The summed E-state index contributed by atoms with van der Waals surface area (Å²) in [7, 11) is -1.68. The van der Waals surface area contributed by atoms with Crippen molar-refractivity contribution in [1.82, 2.24) is 0 Å². The summed E-state index contributed by atoms with van der Waals surface area (Å²) in [6.07, 6.45) is 70.7. The zero-order chi connectivity index (χ0) is 41.8. The van der Waals surface area contributed by atoms with Crippen LogP contribution in [0.1, 0.15) is 335 Å². The lowest BCUT2D eigenvalue weighted by Crippen LogP contribution is -1.95. The van der Waals surface area contributed by atoms with Crippen LogP contribution < -0.4 is 0 Å². The van der Waals surface area contributed by atoms with E-state index in [-0.39, 0.29) is 0 Å². The number of hydrogen-bond acceptors (Lipinski definition) is 3. The van der Waals surface area contributed by atoms with Crippen molar-refractivity contribution in [3.8, 4) is 0 Å². The Balaban J connectivity index is 3.14. The highest BCUT2D eigenvalue weighted by Crippen LogP contribution is 2.33. The molecule has 0 rings (SSSR count). The molecule has 3 nitrogen and oxygen atoms in total. The average Bonchev–Trinajstić information content (AvgIpc) is 3.23. The summed E-state index contributed by atoms with van der Waals surface area (Å²) in [6, 6.07) is 0. The minimum atomic E-state index is -1.68. The highest BCUT2D eigenvalue weighted by molar-refractivity contribution is 7.40. The molecule has 0 aromatic carbocycles. The maximum absolute atomic E-state index is 10.0. The van der Waals surface area contributed by atoms with Gasteiger partial charge in [-0.15, -0.1) is 0 Å². The van der Waals surface area contributed by atoms with Crippen molar-refractivity contribution in [2.24, 2.45) is 0 Å². The molecule has 4 heteroatoms. The molecule has 1 N–H and O–H groups in total. The Bertz CT molecular complexity index is 633. The molecular weight excluding hydrogens is 728 g/mol. The van der Waals surface area contributed by atoms with Gasteiger partial charge < -0.3 is 13.9 Å². The molecule has 0 aliphatic rings. The predicted molar refractivity (Wildman–Crippen MR) is 263 cm³/mol. The molecule has 58 heavy (non-hydrogen) atoms. The largest absolute Gasteiger partial charge is 0.329 e. The second kappa shape index (κ2) is 55.3. The van der Waals surface area contributed by atoms with E-state index < -0.39 is 8.60 Å². The van der Waals surface area contributed by atoms with Gasteiger partial charge in [0, 0.05) is 0 Å². The van der Waals surface area contributed by atoms with Crippen molar-refractivity contribution < 1.29 is 13.9 Å². The van der Waals surface area contributed by atoms with Gasteiger partial charge >= 0.3 is 8.60 Å². The van der Waals surface area contributed by atoms with E-state index in [9.17, 15) is 4.89 Å². The van der Waals surface area contributed by atoms with E-state index in [0.717, 1.165) is 12.8 Å². The third-order valence-electron chi connectivity index (χ3n) is 12.9. The third-order valence-corrected chi connectivity index (χ3v) is 13.7. The van der Waals surface area contributed by atoms with Gasteiger partial charge in [0.15, 0.2) is 0 Å². The fourth-order valence-electron chi connectivity index (χ4n) is 8.80. The lowest BCUT2D eigenvalue weighted by Gasteiger charge is -2.10. The van der Waals surface area contributed by atoms with E-state index in [0.29, 0.717) is 13.2 Å². The molecule has 0 heterocycles. The molecule has 0 aliphatic carbocycles. The van der Waals surface area contributed by atoms with Crippen LogP contribution in [0.5, 0.6) is 0 Å². The van der Waals surface area contributed by atoms with Crippen molar-refractivity contribution >= 4 is 8.60 Å². The fraction of sp³-hybridized carbons (Fsp3) is 1.00. The molecule has 0 bridgehead atoms. The molecule has 0 saturated heterocycles. The Labute approximate surface area is 369 Å². The number of hydrogen-bond donors (Lipinski definition) is 1.